The molecule has 0 fully saturated rings. The maximum Gasteiger partial charge on any atom is 0.238 e. The van der Waals surface area contributed by atoms with Gasteiger partial charge in [-0.1, -0.05) is 40.5 Å². The Morgan fingerprint density at radius 2 is 2.13 bits per heavy atom. The molecule has 0 heterocycles. The van der Waals surface area contributed by atoms with Crippen LogP contribution >= 0.6 is 15.9 Å². The molecule has 0 bridgehead atoms. The summed E-state index contributed by atoms with van der Waals surface area (Å²) in [5.41, 5.74) is 3.19. The molecule has 0 saturated heterocycles. The lowest BCUT2D eigenvalue weighted by Gasteiger charge is -2.11. The second kappa shape index (κ2) is 5.31. The number of benzene rings is 1. The van der Waals surface area contributed by atoms with E-state index in [9.17, 15) is 4.79 Å². The summed E-state index contributed by atoms with van der Waals surface area (Å²) in [6.45, 7) is 6.01. The molecule has 0 aromatic heterocycles. The fourth-order valence-electron chi connectivity index (χ4n) is 1.35. The number of hydrogen-bond acceptors (Lipinski definition) is 1. The molecule has 0 radical (unpaired) electrons. The first-order valence-electron chi connectivity index (χ1n) is 5.06. The lowest BCUT2D eigenvalue weighted by Crippen LogP contribution is -2.22. The van der Waals surface area contributed by atoms with Gasteiger partial charge >= 0.3 is 0 Å². The number of amides is 1. The number of alkyl halides is 1. The molecule has 1 aromatic carbocycles. The van der Waals surface area contributed by atoms with Gasteiger partial charge in [-0.25, -0.2) is 0 Å². The van der Waals surface area contributed by atoms with Crippen LogP contribution in [0.1, 0.15) is 24.5 Å². The lowest BCUT2D eigenvalue weighted by molar-refractivity contribution is -0.115. The summed E-state index contributed by atoms with van der Waals surface area (Å²) in [5.74, 6) is 0.0180. The van der Waals surface area contributed by atoms with Gasteiger partial charge in [-0.05, 0) is 31.9 Å². The van der Waals surface area contributed by atoms with E-state index in [0.717, 1.165) is 17.7 Å². The zero-order valence-corrected chi connectivity index (χ0v) is 10.9. The molecule has 0 unspecified atom stereocenters. The van der Waals surface area contributed by atoms with E-state index in [1.165, 1.54) is 5.56 Å². The average molecular weight is 270 g/mol. The molecule has 0 aliphatic rings. The van der Waals surface area contributed by atoms with Gasteiger partial charge in [0.25, 0.3) is 0 Å². The number of rotatable bonds is 3. The Kier molecular flexibility index (Phi) is 4.33. The van der Waals surface area contributed by atoms with Gasteiger partial charge in [-0.15, -0.1) is 0 Å². The van der Waals surface area contributed by atoms with Crippen molar-refractivity contribution in [3.8, 4) is 0 Å². The fraction of sp³-hybridized carbons (Fsp3) is 0.417. The number of carbonyl (C=O) groups is 1. The molecule has 0 spiro atoms. The molecule has 82 valence electrons. The molecule has 1 N–H and O–H groups in total. The summed E-state index contributed by atoms with van der Waals surface area (Å²) in [6.07, 6.45) is 0.788. The Balaban J connectivity index is 2.77. The van der Waals surface area contributed by atoms with E-state index < -0.39 is 0 Å². The van der Waals surface area contributed by atoms with Crippen LogP contribution < -0.4 is 5.32 Å². The molecular formula is C12H16BrNO. The first-order chi connectivity index (χ1) is 7.04. The third-order valence-corrected chi connectivity index (χ3v) is 3.35. The Morgan fingerprint density at radius 3 is 2.67 bits per heavy atom. The van der Waals surface area contributed by atoms with Gasteiger partial charge < -0.3 is 5.32 Å². The van der Waals surface area contributed by atoms with Crippen LogP contribution in [0, 0.1) is 13.8 Å². The van der Waals surface area contributed by atoms with E-state index in [0.29, 0.717) is 0 Å². The third kappa shape index (κ3) is 3.34. The smallest absolute Gasteiger partial charge is 0.238 e. The van der Waals surface area contributed by atoms with Gasteiger partial charge in [0, 0.05) is 5.69 Å². The highest BCUT2D eigenvalue weighted by Crippen LogP contribution is 2.17. The SMILES string of the molecule is CC[C@@H](Br)C(=O)Nc1ccc(C)cc1C. The molecule has 2 nitrogen and oxygen atoms in total. The molecule has 0 saturated carbocycles. The summed E-state index contributed by atoms with van der Waals surface area (Å²) < 4.78 is 0. The summed E-state index contributed by atoms with van der Waals surface area (Å²) in [7, 11) is 0. The van der Waals surface area contributed by atoms with Crippen molar-refractivity contribution in [2.24, 2.45) is 0 Å². The normalized spacial score (nSPS) is 12.3. The Morgan fingerprint density at radius 1 is 1.47 bits per heavy atom. The maximum atomic E-state index is 11.6. The van der Waals surface area contributed by atoms with Gasteiger partial charge in [0.1, 0.15) is 0 Å². The minimum absolute atomic E-state index is 0.0180. The lowest BCUT2D eigenvalue weighted by atomic mass is 10.1. The first kappa shape index (κ1) is 12.2. The molecule has 0 aliphatic carbocycles. The quantitative estimate of drug-likeness (QED) is 0.838. The molecule has 1 amide bonds. The molecule has 1 rings (SSSR count). The van der Waals surface area contributed by atoms with Crippen LogP contribution in [0.2, 0.25) is 0 Å². The second-order valence-corrected chi connectivity index (χ2v) is 4.79. The molecule has 1 aromatic rings. The van der Waals surface area contributed by atoms with Crippen LogP contribution in [0.3, 0.4) is 0 Å². The fourth-order valence-corrected chi connectivity index (χ4v) is 1.46. The van der Waals surface area contributed by atoms with Crippen LogP contribution in [-0.2, 0) is 4.79 Å². The van der Waals surface area contributed by atoms with Crippen molar-refractivity contribution in [1.82, 2.24) is 0 Å². The topological polar surface area (TPSA) is 29.1 Å². The van der Waals surface area contributed by atoms with E-state index in [2.05, 4.69) is 27.3 Å². The largest absolute Gasteiger partial charge is 0.325 e. The van der Waals surface area contributed by atoms with Crippen molar-refractivity contribution in [1.29, 1.82) is 0 Å². The zero-order chi connectivity index (χ0) is 11.4. The van der Waals surface area contributed by atoms with Crippen LogP contribution in [-0.4, -0.2) is 10.7 Å². The van der Waals surface area contributed by atoms with Crippen molar-refractivity contribution >= 4 is 27.5 Å². The van der Waals surface area contributed by atoms with E-state index in [1.54, 1.807) is 0 Å². The molecule has 1 atom stereocenters. The van der Waals surface area contributed by atoms with E-state index in [4.69, 9.17) is 0 Å². The second-order valence-electron chi connectivity index (χ2n) is 3.68. The summed E-state index contributed by atoms with van der Waals surface area (Å²) >= 11 is 3.33. The highest BCUT2D eigenvalue weighted by atomic mass is 79.9. The minimum atomic E-state index is -0.113. The molecule has 3 heteroatoms. The predicted molar refractivity (Wildman–Crippen MR) is 67.6 cm³/mol. The van der Waals surface area contributed by atoms with Gasteiger partial charge in [0.2, 0.25) is 5.91 Å². The number of anilines is 1. The van der Waals surface area contributed by atoms with Gasteiger partial charge in [0.15, 0.2) is 0 Å². The number of carbonyl (C=O) groups excluding carboxylic acids is 1. The summed E-state index contributed by atoms with van der Waals surface area (Å²) in [4.78, 5) is 11.5. The van der Waals surface area contributed by atoms with E-state index >= 15 is 0 Å². The highest BCUT2D eigenvalue weighted by Gasteiger charge is 2.12. The molecule has 15 heavy (non-hydrogen) atoms. The number of hydrogen-bond donors (Lipinski definition) is 1. The minimum Gasteiger partial charge on any atom is -0.325 e. The van der Waals surface area contributed by atoms with Crippen molar-refractivity contribution < 1.29 is 4.79 Å². The van der Waals surface area contributed by atoms with Gasteiger partial charge in [-0.2, -0.15) is 0 Å². The standard InChI is InChI=1S/C12H16BrNO/c1-4-10(13)12(15)14-11-6-5-8(2)7-9(11)3/h5-7,10H,4H2,1-3H3,(H,14,15)/t10-/m1/s1. The number of aryl methyl sites for hydroxylation is 2. The van der Waals surface area contributed by atoms with Crippen LogP contribution in [0.5, 0.6) is 0 Å². The Hall–Kier alpha value is -0.830. The summed E-state index contributed by atoms with van der Waals surface area (Å²) in [5, 5.41) is 2.90. The first-order valence-corrected chi connectivity index (χ1v) is 5.98. The number of halogens is 1. The van der Waals surface area contributed by atoms with Crippen LogP contribution in [0.25, 0.3) is 0 Å². The van der Waals surface area contributed by atoms with Crippen LogP contribution in [0.4, 0.5) is 5.69 Å². The van der Waals surface area contributed by atoms with Gasteiger partial charge in [-0.3, -0.25) is 4.79 Å². The van der Waals surface area contributed by atoms with Gasteiger partial charge in [0.05, 0.1) is 4.83 Å². The molecule has 0 aliphatic heterocycles. The van der Waals surface area contributed by atoms with Crippen molar-refractivity contribution in [3.63, 3.8) is 0 Å². The van der Waals surface area contributed by atoms with E-state index in [1.807, 2.05) is 32.9 Å². The predicted octanol–water partition coefficient (Wildman–Crippen LogP) is 3.42. The maximum absolute atomic E-state index is 11.6. The van der Waals surface area contributed by atoms with Crippen molar-refractivity contribution in [3.05, 3.63) is 29.3 Å². The van der Waals surface area contributed by atoms with Crippen molar-refractivity contribution in [2.45, 2.75) is 32.0 Å². The Labute approximate surface area is 99.2 Å². The zero-order valence-electron chi connectivity index (χ0n) is 9.30. The van der Waals surface area contributed by atoms with Crippen molar-refractivity contribution in [2.75, 3.05) is 5.32 Å². The average Bonchev–Trinajstić information content (AvgIpc) is 2.20. The monoisotopic (exact) mass is 269 g/mol. The third-order valence-electron chi connectivity index (χ3n) is 2.28. The Bertz CT molecular complexity index is 363. The van der Waals surface area contributed by atoms with E-state index in [-0.39, 0.29) is 10.7 Å². The highest BCUT2D eigenvalue weighted by molar-refractivity contribution is 9.10. The summed E-state index contributed by atoms with van der Waals surface area (Å²) in [6, 6.07) is 6.00. The number of nitrogens with one attached hydrogen (secondary N) is 1. The molecular weight excluding hydrogens is 254 g/mol. The van der Waals surface area contributed by atoms with Crippen LogP contribution in [0.15, 0.2) is 18.2 Å².